The fourth-order valence-electron chi connectivity index (χ4n) is 1.35. The second-order valence-electron chi connectivity index (χ2n) is 3.14. The molecule has 8 heteroatoms. The molecule has 0 atom stereocenters. The van der Waals surface area contributed by atoms with Crippen LogP contribution in [0.25, 0.3) is 0 Å². The Balaban J connectivity index is 3.71. The number of nitriles is 1. The van der Waals surface area contributed by atoms with Crippen molar-refractivity contribution in [2.45, 2.75) is 18.2 Å². The molecule has 0 bridgehead atoms. The highest BCUT2D eigenvalue weighted by Crippen LogP contribution is 2.30. The third-order valence-corrected chi connectivity index (χ3v) is 3.50. The third-order valence-electron chi connectivity index (χ3n) is 2.15. The quantitative estimate of drug-likeness (QED) is 0.476. The van der Waals surface area contributed by atoms with Gasteiger partial charge >= 0.3 is 0 Å². The van der Waals surface area contributed by atoms with Crippen LogP contribution in [-0.4, -0.2) is 13.3 Å². The summed E-state index contributed by atoms with van der Waals surface area (Å²) in [6.07, 6.45) is 0.375. The number of rotatable bonds is 3. The van der Waals surface area contributed by atoms with Crippen LogP contribution in [0, 0.1) is 21.4 Å². The molecule has 0 aromatic heterocycles. The van der Waals surface area contributed by atoms with Crippen LogP contribution in [0.15, 0.2) is 17.0 Å². The molecule has 0 amide bonds. The van der Waals surface area contributed by atoms with Gasteiger partial charge in [-0.25, -0.2) is 8.42 Å². The summed E-state index contributed by atoms with van der Waals surface area (Å²) in [5, 5.41) is 19.5. The zero-order valence-electron chi connectivity index (χ0n) is 8.68. The predicted octanol–water partition coefficient (Wildman–Crippen LogP) is 1.96. The van der Waals surface area contributed by atoms with Gasteiger partial charge in [-0.1, -0.05) is 6.92 Å². The lowest BCUT2D eigenvalue weighted by atomic mass is 10.1. The highest BCUT2D eigenvalue weighted by atomic mass is 35.7. The molecule has 0 spiro atoms. The Morgan fingerprint density at radius 1 is 1.53 bits per heavy atom. The van der Waals surface area contributed by atoms with Crippen molar-refractivity contribution >= 4 is 25.4 Å². The van der Waals surface area contributed by atoms with Crippen LogP contribution in [0.4, 0.5) is 5.69 Å². The van der Waals surface area contributed by atoms with Gasteiger partial charge in [-0.2, -0.15) is 5.26 Å². The smallest absolute Gasteiger partial charge is 0.258 e. The maximum Gasteiger partial charge on any atom is 0.290 e. The van der Waals surface area contributed by atoms with Crippen molar-refractivity contribution in [3.63, 3.8) is 0 Å². The molecule has 0 aliphatic rings. The number of hydrogen-bond donors (Lipinski definition) is 0. The molecule has 0 saturated heterocycles. The minimum absolute atomic E-state index is 0.0725. The van der Waals surface area contributed by atoms with Gasteiger partial charge < -0.3 is 0 Å². The highest BCUT2D eigenvalue weighted by molar-refractivity contribution is 8.13. The third kappa shape index (κ3) is 2.72. The maximum atomic E-state index is 11.2. The Bertz CT molecular complexity index is 619. The van der Waals surface area contributed by atoms with E-state index in [0.717, 1.165) is 12.1 Å². The van der Waals surface area contributed by atoms with Gasteiger partial charge in [-0.15, -0.1) is 0 Å². The summed E-state index contributed by atoms with van der Waals surface area (Å²) in [4.78, 5) is 9.25. The summed E-state index contributed by atoms with van der Waals surface area (Å²) in [7, 11) is 0.902. The predicted molar refractivity (Wildman–Crippen MR) is 60.2 cm³/mol. The number of nitro benzene ring substituents is 1. The van der Waals surface area contributed by atoms with Gasteiger partial charge in [0, 0.05) is 16.7 Å². The zero-order chi connectivity index (χ0) is 13.2. The lowest BCUT2D eigenvalue weighted by Gasteiger charge is -2.04. The summed E-state index contributed by atoms with van der Waals surface area (Å²) < 4.78 is 22.4. The number of benzene rings is 1. The van der Waals surface area contributed by atoms with Gasteiger partial charge in [0.15, 0.2) is 4.90 Å². The normalized spacial score (nSPS) is 10.9. The van der Waals surface area contributed by atoms with Crippen LogP contribution < -0.4 is 0 Å². The first kappa shape index (κ1) is 13.4. The number of aryl methyl sites for hydroxylation is 1. The molecule has 0 heterocycles. The standard InChI is InChI=1S/C9H7ClN2O4S/c1-2-6-4-9(17(10,15)16)8(12(13)14)3-7(6)5-11/h3-4H,2H2,1H3. The van der Waals surface area contributed by atoms with E-state index in [1.807, 2.05) is 0 Å². The number of nitro groups is 1. The van der Waals surface area contributed by atoms with Gasteiger partial charge in [-0.05, 0) is 18.1 Å². The molecule has 1 aromatic rings. The van der Waals surface area contributed by atoms with Crippen molar-refractivity contribution < 1.29 is 13.3 Å². The molecule has 0 aliphatic carbocycles. The molecule has 0 aliphatic heterocycles. The largest absolute Gasteiger partial charge is 0.290 e. The molecular formula is C9H7ClN2O4S. The van der Waals surface area contributed by atoms with E-state index >= 15 is 0 Å². The summed E-state index contributed by atoms with van der Waals surface area (Å²) in [6.45, 7) is 1.70. The molecule has 1 rings (SSSR count). The molecular weight excluding hydrogens is 268 g/mol. The lowest BCUT2D eigenvalue weighted by molar-refractivity contribution is -0.387. The van der Waals surface area contributed by atoms with Crippen molar-refractivity contribution in [1.82, 2.24) is 0 Å². The van der Waals surface area contributed by atoms with E-state index in [-0.39, 0.29) is 5.56 Å². The fourth-order valence-corrected chi connectivity index (χ4v) is 2.38. The second-order valence-corrected chi connectivity index (χ2v) is 5.67. The van der Waals surface area contributed by atoms with E-state index in [9.17, 15) is 18.5 Å². The number of hydrogen-bond acceptors (Lipinski definition) is 5. The van der Waals surface area contributed by atoms with E-state index in [1.54, 1.807) is 13.0 Å². The number of nitrogens with zero attached hydrogens (tertiary/aromatic N) is 2. The van der Waals surface area contributed by atoms with Crippen LogP contribution in [0.3, 0.4) is 0 Å². The molecule has 17 heavy (non-hydrogen) atoms. The molecule has 0 saturated carbocycles. The van der Waals surface area contributed by atoms with Crippen LogP contribution in [0.2, 0.25) is 0 Å². The molecule has 1 aromatic carbocycles. The summed E-state index contributed by atoms with van der Waals surface area (Å²) in [5.41, 5.74) is -0.214. The summed E-state index contributed by atoms with van der Waals surface area (Å²) in [6, 6.07) is 3.77. The van der Waals surface area contributed by atoms with E-state index in [0.29, 0.717) is 12.0 Å². The van der Waals surface area contributed by atoms with Crippen molar-refractivity contribution in [3.05, 3.63) is 33.4 Å². The van der Waals surface area contributed by atoms with Crippen molar-refractivity contribution in [2.75, 3.05) is 0 Å². The molecule has 6 nitrogen and oxygen atoms in total. The number of halogens is 1. The Hall–Kier alpha value is -1.65. The van der Waals surface area contributed by atoms with Gasteiger partial charge in [0.1, 0.15) is 0 Å². The van der Waals surface area contributed by atoms with Crippen LogP contribution in [-0.2, 0) is 15.5 Å². The average molecular weight is 275 g/mol. The van der Waals surface area contributed by atoms with E-state index in [2.05, 4.69) is 0 Å². The first-order valence-corrected chi connectivity index (χ1v) is 6.78. The highest BCUT2D eigenvalue weighted by Gasteiger charge is 2.26. The summed E-state index contributed by atoms with van der Waals surface area (Å²) >= 11 is 0. The van der Waals surface area contributed by atoms with Gasteiger partial charge in [0.05, 0.1) is 16.6 Å². The molecule has 0 N–H and O–H groups in total. The Morgan fingerprint density at radius 3 is 2.47 bits per heavy atom. The van der Waals surface area contributed by atoms with Gasteiger partial charge in [0.25, 0.3) is 14.7 Å². The topological polar surface area (TPSA) is 101 Å². The van der Waals surface area contributed by atoms with E-state index < -0.39 is 24.6 Å². The van der Waals surface area contributed by atoms with Crippen LogP contribution in [0.1, 0.15) is 18.1 Å². The Kier molecular flexibility index (Phi) is 3.70. The summed E-state index contributed by atoms with van der Waals surface area (Å²) in [5.74, 6) is 0. The van der Waals surface area contributed by atoms with Crippen molar-refractivity contribution in [2.24, 2.45) is 0 Å². The lowest BCUT2D eigenvalue weighted by Crippen LogP contribution is -2.02. The van der Waals surface area contributed by atoms with E-state index in [4.69, 9.17) is 15.9 Å². The SMILES string of the molecule is CCc1cc(S(=O)(=O)Cl)c([N+](=O)[O-])cc1C#N. The Morgan fingerprint density at radius 2 is 2.12 bits per heavy atom. The van der Waals surface area contributed by atoms with Crippen LogP contribution in [0.5, 0.6) is 0 Å². The molecule has 0 unspecified atom stereocenters. The monoisotopic (exact) mass is 274 g/mol. The van der Waals surface area contributed by atoms with Crippen molar-refractivity contribution in [3.8, 4) is 6.07 Å². The minimum Gasteiger partial charge on any atom is -0.258 e. The molecule has 90 valence electrons. The fraction of sp³-hybridized carbons (Fsp3) is 0.222. The van der Waals surface area contributed by atoms with Crippen LogP contribution >= 0.6 is 10.7 Å². The van der Waals surface area contributed by atoms with Crippen molar-refractivity contribution in [1.29, 1.82) is 5.26 Å². The first-order chi connectivity index (χ1) is 7.81. The second kappa shape index (κ2) is 4.69. The van der Waals surface area contributed by atoms with Gasteiger partial charge in [0.2, 0.25) is 0 Å². The average Bonchev–Trinajstić information content (AvgIpc) is 2.25. The zero-order valence-corrected chi connectivity index (χ0v) is 10.2. The molecule has 0 radical (unpaired) electrons. The van der Waals surface area contributed by atoms with E-state index in [1.165, 1.54) is 0 Å². The molecule has 0 fully saturated rings. The first-order valence-electron chi connectivity index (χ1n) is 4.47. The maximum absolute atomic E-state index is 11.2. The Labute approximate surface area is 102 Å². The minimum atomic E-state index is -4.21. The van der Waals surface area contributed by atoms with Gasteiger partial charge in [-0.3, -0.25) is 10.1 Å².